The smallest absolute Gasteiger partial charge is 0.325 e. The maximum Gasteiger partial charge on any atom is 0.325 e. The van der Waals surface area contributed by atoms with Gasteiger partial charge in [-0.15, -0.1) is 0 Å². The minimum Gasteiger partial charge on any atom is -0.507 e. The van der Waals surface area contributed by atoms with E-state index in [4.69, 9.17) is 9.47 Å². The van der Waals surface area contributed by atoms with Crippen LogP contribution >= 0.6 is 0 Å². The van der Waals surface area contributed by atoms with Gasteiger partial charge in [-0.1, -0.05) is 36.4 Å². The summed E-state index contributed by atoms with van der Waals surface area (Å²) in [5, 5.41) is 10.9. The Bertz CT molecular complexity index is 1010. The van der Waals surface area contributed by atoms with Crippen LogP contribution in [0.5, 0.6) is 11.5 Å². The molecule has 156 valence electrons. The molecule has 0 aliphatic carbocycles. The topological polar surface area (TPSA) is 102 Å². The van der Waals surface area contributed by atoms with Crippen molar-refractivity contribution < 1.29 is 33.7 Å². The zero-order valence-corrected chi connectivity index (χ0v) is 16.7. The number of benzene rings is 2. The summed E-state index contributed by atoms with van der Waals surface area (Å²) >= 11 is 0. The molecule has 1 unspecified atom stereocenters. The Labute approximate surface area is 173 Å². The third-order valence-corrected chi connectivity index (χ3v) is 4.84. The molecule has 3 rings (SSSR count). The number of amides is 1. The van der Waals surface area contributed by atoms with Crippen LogP contribution in [0.15, 0.2) is 54.1 Å². The largest absolute Gasteiger partial charge is 0.507 e. The van der Waals surface area contributed by atoms with Gasteiger partial charge >= 0.3 is 5.97 Å². The number of rotatable bonds is 6. The quantitative estimate of drug-likeness (QED) is 0.337. The van der Waals surface area contributed by atoms with Crippen molar-refractivity contribution in [1.29, 1.82) is 0 Å². The summed E-state index contributed by atoms with van der Waals surface area (Å²) in [6.45, 7) is -0.453. The highest BCUT2D eigenvalue weighted by molar-refractivity contribution is 6.46. The van der Waals surface area contributed by atoms with Crippen molar-refractivity contribution >= 4 is 23.4 Å². The molecule has 8 heteroatoms. The summed E-state index contributed by atoms with van der Waals surface area (Å²) in [6.07, 6.45) is 0. The fourth-order valence-electron chi connectivity index (χ4n) is 3.37. The maximum atomic E-state index is 12.8. The SMILES string of the molecule is COC(=O)CN1C(=O)C(=O)/C(=C(\O)c2ccccc2)C1c1ccc(OC)c(OC)c1. The first-order valence-electron chi connectivity index (χ1n) is 9.05. The second-order valence-electron chi connectivity index (χ2n) is 6.48. The molecule has 0 radical (unpaired) electrons. The molecule has 2 aromatic rings. The van der Waals surface area contributed by atoms with Crippen LogP contribution in [0.25, 0.3) is 5.76 Å². The van der Waals surface area contributed by atoms with E-state index in [1.54, 1.807) is 48.5 Å². The number of ketones is 1. The van der Waals surface area contributed by atoms with Gasteiger partial charge in [0, 0.05) is 5.56 Å². The lowest BCUT2D eigenvalue weighted by molar-refractivity contribution is -0.148. The van der Waals surface area contributed by atoms with Gasteiger partial charge in [0.25, 0.3) is 11.7 Å². The van der Waals surface area contributed by atoms with E-state index >= 15 is 0 Å². The van der Waals surface area contributed by atoms with E-state index in [0.717, 1.165) is 4.90 Å². The van der Waals surface area contributed by atoms with Crippen molar-refractivity contribution in [1.82, 2.24) is 4.90 Å². The molecule has 1 aliphatic rings. The van der Waals surface area contributed by atoms with Crippen molar-refractivity contribution in [3.05, 3.63) is 65.2 Å². The Kier molecular flexibility index (Phi) is 6.06. The molecular formula is C22H21NO7. The van der Waals surface area contributed by atoms with Gasteiger partial charge in [0.05, 0.1) is 32.9 Å². The first-order chi connectivity index (χ1) is 14.4. The van der Waals surface area contributed by atoms with Gasteiger partial charge in [0.1, 0.15) is 12.3 Å². The molecular weight excluding hydrogens is 390 g/mol. The van der Waals surface area contributed by atoms with Crippen molar-refractivity contribution in [2.45, 2.75) is 6.04 Å². The van der Waals surface area contributed by atoms with Gasteiger partial charge in [-0.2, -0.15) is 0 Å². The molecule has 0 aromatic heterocycles. The van der Waals surface area contributed by atoms with Crippen LogP contribution in [0.4, 0.5) is 0 Å². The number of aliphatic hydroxyl groups is 1. The highest BCUT2D eigenvalue weighted by atomic mass is 16.5. The molecule has 0 spiro atoms. The van der Waals surface area contributed by atoms with Crippen LogP contribution in [0, 0.1) is 0 Å². The number of hydrogen-bond donors (Lipinski definition) is 1. The molecule has 2 aromatic carbocycles. The van der Waals surface area contributed by atoms with Crippen molar-refractivity contribution in [3.63, 3.8) is 0 Å². The van der Waals surface area contributed by atoms with Gasteiger partial charge in [0.15, 0.2) is 11.5 Å². The first kappa shape index (κ1) is 20.9. The third kappa shape index (κ3) is 3.71. The molecule has 0 bridgehead atoms. The molecule has 30 heavy (non-hydrogen) atoms. The van der Waals surface area contributed by atoms with E-state index in [0.29, 0.717) is 22.6 Å². The van der Waals surface area contributed by atoms with E-state index in [-0.39, 0.29) is 11.3 Å². The molecule has 1 amide bonds. The minimum atomic E-state index is -1.01. The fourth-order valence-corrected chi connectivity index (χ4v) is 3.37. The predicted molar refractivity (Wildman–Crippen MR) is 107 cm³/mol. The maximum absolute atomic E-state index is 12.8. The summed E-state index contributed by atoms with van der Waals surface area (Å²) in [5.74, 6) is -1.99. The molecule has 1 atom stereocenters. The van der Waals surface area contributed by atoms with Crippen LogP contribution in [0.1, 0.15) is 17.2 Å². The molecule has 0 saturated carbocycles. The Balaban J connectivity index is 2.21. The van der Waals surface area contributed by atoms with Crippen molar-refractivity contribution in [2.24, 2.45) is 0 Å². The third-order valence-electron chi connectivity index (χ3n) is 4.84. The average molecular weight is 411 g/mol. The number of ether oxygens (including phenoxy) is 3. The van der Waals surface area contributed by atoms with Gasteiger partial charge in [0.2, 0.25) is 0 Å². The average Bonchev–Trinajstić information content (AvgIpc) is 3.03. The summed E-state index contributed by atoms with van der Waals surface area (Å²) < 4.78 is 15.2. The fraction of sp³-hybridized carbons (Fsp3) is 0.227. The van der Waals surface area contributed by atoms with Gasteiger partial charge in [-0.05, 0) is 17.7 Å². The van der Waals surface area contributed by atoms with Crippen LogP contribution < -0.4 is 9.47 Å². The predicted octanol–water partition coefficient (Wildman–Crippen LogP) is 2.30. The highest BCUT2D eigenvalue weighted by Gasteiger charge is 2.47. The van der Waals surface area contributed by atoms with E-state index in [1.165, 1.54) is 21.3 Å². The van der Waals surface area contributed by atoms with Crippen LogP contribution in [0.2, 0.25) is 0 Å². The zero-order valence-electron chi connectivity index (χ0n) is 16.7. The normalized spacial score (nSPS) is 17.7. The molecule has 8 nitrogen and oxygen atoms in total. The summed E-state index contributed by atoms with van der Waals surface area (Å²) in [5.41, 5.74) is 0.717. The summed E-state index contributed by atoms with van der Waals surface area (Å²) in [7, 11) is 4.13. The number of Topliss-reactive ketones (excluding diaryl/α,β-unsaturated/α-hetero) is 1. The number of likely N-dealkylation sites (tertiary alicyclic amines) is 1. The second-order valence-corrected chi connectivity index (χ2v) is 6.48. The first-order valence-corrected chi connectivity index (χ1v) is 9.05. The summed E-state index contributed by atoms with van der Waals surface area (Å²) in [6, 6.07) is 12.2. The molecule has 1 saturated heterocycles. The molecule has 1 N–H and O–H groups in total. The second kappa shape index (κ2) is 8.69. The Morgan fingerprint density at radius 2 is 1.67 bits per heavy atom. The van der Waals surface area contributed by atoms with E-state index in [9.17, 15) is 19.5 Å². The number of nitrogens with zero attached hydrogens (tertiary/aromatic N) is 1. The van der Waals surface area contributed by atoms with E-state index in [1.807, 2.05) is 0 Å². The number of aliphatic hydroxyl groups excluding tert-OH is 1. The lowest BCUT2D eigenvalue weighted by atomic mass is 9.95. The zero-order chi connectivity index (χ0) is 21.8. The van der Waals surface area contributed by atoms with Gasteiger partial charge < -0.3 is 24.2 Å². The molecule has 1 aliphatic heterocycles. The summed E-state index contributed by atoms with van der Waals surface area (Å²) in [4.78, 5) is 38.6. The monoisotopic (exact) mass is 411 g/mol. The Hall–Kier alpha value is -3.81. The van der Waals surface area contributed by atoms with Crippen LogP contribution in [0.3, 0.4) is 0 Å². The Morgan fingerprint density at radius 1 is 1.00 bits per heavy atom. The standard InChI is InChI=1S/C22H21NO7/c1-28-15-10-9-14(11-16(15)29-2)19-18(20(25)13-7-5-4-6-8-13)21(26)22(27)23(19)12-17(24)30-3/h4-11,19,25H,12H2,1-3H3/b20-18-. The Morgan fingerprint density at radius 3 is 2.27 bits per heavy atom. The van der Waals surface area contributed by atoms with Gasteiger partial charge in [-0.3, -0.25) is 14.4 Å². The van der Waals surface area contributed by atoms with Crippen LogP contribution in [-0.4, -0.2) is 55.5 Å². The van der Waals surface area contributed by atoms with E-state index in [2.05, 4.69) is 4.74 Å². The highest BCUT2D eigenvalue weighted by Crippen LogP contribution is 2.41. The number of methoxy groups -OCH3 is 3. The molecule has 1 fully saturated rings. The number of carbonyl (C=O) groups is 3. The molecule has 1 heterocycles. The van der Waals surface area contributed by atoms with Gasteiger partial charge in [-0.25, -0.2) is 0 Å². The number of esters is 1. The number of carbonyl (C=O) groups excluding carboxylic acids is 3. The lowest BCUT2D eigenvalue weighted by Gasteiger charge is -2.25. The lowest BCUT2D eigenvalue weighted by Crippen LogP contribution is -2.35. The van der Waals surface area contributed by atoms with Crippen molar-refractivity contribution in [3.8, 4) is 11.5 Å². The van der Waals surface area contributed by atoms with Crippen LogP contribution in [-0.2, 0) is 19.1 Å². The van der Waals surface area contributed by atoms with E-state index < -0.39 is 30.2 Å². The van der Waals surface area contributed by atoms with Crippen molar-refractivity contribution in [2.75, 3.05) is 27.9 Å². The minimum absolute atomic E-state index is 0.123. The number of hydrogen-bond acceptors (Lipinski definition) is 7.